The Bertz CT molecular complexity index is 999. The molecule has 4 heterocycles. The number of nitrogens with zero attached hydrogens (tertiary/aromatic N) is 5. The maximum atomic E-state index is 12.5. The molecule has 1 saturated heterocycles. The number of nitrogens with one attached hydrogen (secondary N) is 1. The molecule has 10 heteroatoms. The number of rotatable bonds is 2. The number of aromatic nitrogens is 5. The minimum atomic E-state index is -4.50. The lowest BCUT2D eigenvalue weighted by atomic mass is 10.00. The highest BCUT2D eigenvalue weighted by Gasteiger charge is 2.37. The Morgan fingerprint density at radius 2 is 2.12 bits per heavy atom. The molecule has 1 N–H and O–H groups in total. The number of likely N-dealkylation sites (tertiary alicyclic amines) is 1. The van der Waals surface area contributed by atoms with Crippen molar-refractivity contribution in [3.63, 3.8) is 0 Å². The molecule has 3 aromatic heterocycles. The Balaban J connectivity index is 1.71. The summed E-state index contributed by atoms with van der Waals surface area (Å²) in [5.74, 6) is -0.394. The summed E-state index contributed by atoms with van der Waals surface area (Å²) >= 11 is 0. The monoisotopic (exact) mass is 364 g/mol. The smallest absolute Gasteiger partial charge is 0.346 e. The second-order valence-corrected chi connectivity index (χ2v) is 6.43. The van der Waals surface area contributed by atoms with Crippen LogP contribution in [0.2, 0.25) is 0 Å². The molecule has 0 radical (unpaired) electrons. The fourth-order valence-corrected chi connectivity index (χ4v) is 3.47. The number of alkyl halides is 3. The first-order valence-corrected chi connectivity index (χ1v) is 8.14. The van der Waals surface area contributed by atoms with Crippen LogP contribution in [-0.2, 0) is 4.79 Å². The van der Waals surface area contributed by atoms with Crippen molar-refractivity contribution in [2.24, 2.45) is 0 Å². The molecule has 0 aromatic carbocycles. The van der Waals surface area contributed by atoms with Gasteiger partial charge in [-0.15, -0.1) is 10.2 Å². The number of aryl methyl sites for hydroxylation is 1. The Morgan fingerprint density at radius 3 is 2.88 bits per heavy atom. The van der Waals surface area contributed by atoms with Gasteiger partial charge in [-0.3, -0.25) is 4.79 Å². The standard InChI is InChI=1S/C16H15F3N6O/c1-8-21-13(9-3-5-25(7-9)11(26)6-16(17,18)19)12-10-2-4-20-14(10)23-24-15(12)22-8/h2,4,9H,3,5-7H2,1H3,(H,21,22,24). The van der Waals surface area contributed by atoms with Crippen molar-refractivity contribution < 1.29 is 18.0 Å². The number of halogens is 3. The van der Waals surface area contributed by atoms with E-state index in [9.17, 15) is 18.0 Å². The number of hydrogen-bond donors (Lipinski definition) is 1. The van der Waals surface area contributed by atoms with E-state index in [2.05, 4.69) is 25.1 Å². The lowest BCUT2D eigenvalue weighted by molar-refractivity contribution is -0.160. The van der Waals surface area contributed by atoms with Crippen LogP contribution in [0.25, 0.3) is 22.1 Å². The number of carbonyl (C=O) groups excluding carboxylic acids is 1. The van der Waals surface area contributed by atoms with Gasteiger partial charge in [0, 0.05) is 36.3 Å². The van der Waals surface area contributed by atoms with E-state index in [1.54, 1.807) is 13.1 Å². The molecule has 4 rings (SSSR count). The zero-order valence-electron chi connectivity index (χ0n) is 13.8. The number of aromatic amines is 1. The van der Waals surface area contributed by atoms with Gasteiger partial charge in [-0.25, -0.2) is 9.97 Å². The molecule has 0 spiro atoms. The summed E-state index contributed by atoms with van der Waals surface area (Å²) in [6, 6.07) is 1.81. The maximum Gasteiger partial charge on any atom is 0.397 e. The molecule has 1 atom stereocenters. The van der Waals surface area contributed by atoms with E-state index < -0.39 is 18.5 Å². The topological polar surface area (TPSA) is 87.7 Å². The molecule has 136 valence electrons. The average Bonchev–Trinajstić information content (AvgIpc) is 3.21. The summed E-state index contributed by atoms with van der Waals surface area (Å²) in [6.45, 7) is 2.29. The van der Waals surface area contributed by atoms with E-state index in [1.165, 1.54) is 4.90 Å². The van der Waals surface area contributed by atoms with E-state index in [0.717, 1.165) is 16.5 Å². The Hall–Kier alpha value is -2.78. The predicted octanol–water partition coefficient (Wildman–Crippen LogP) is 2.48. The fraction of sp³-hybridized carbons (Fsp3) is 0.438. The summed E-state index contributed by atoms with van der Waals surface area (Å²) in [6.07, 6.45) is -3.74. The number of H-pyrrole nitrogens is 1. The third kappa shape index (κ3) is 2.95. The summed E-state index contributed by atoms with van der Waals surface area (Å²) in [4.78, 5) is 24.9. The third-order valence-corrected chi connectivity index (χ3v) is 4.57. The van der Waals surface area contributed by atoms with Gasteiger partial charge in [-0.1, -0.05) is 0 Å². The Labute approximate surface area is 145 Å². The molecule has 1 aliphatic heterocycles. The van der Waals surface area contributed by atoms with E-state index in [0.29, 0.717) is 23.5 Å². The van der Waals surface area contributed by atoms with Gasteiger partial charge in [0.05, 0.1) is 5.39 Å². The number of amides is 1. The van der Waals surface area contributed by atoms with Crippen LogP contribution in [-0.4, -0.2) is 55.2 Å². The number of fused-ring (bicyclic) bond motifs is 3. The van der Waals surface area contributed by atoms with Crippen LogP contribution in [0.5, 0.6) is 0 Å². The Morgan fingerprint density at radius 1 is 1.35 bits per heavy atom. The van der Waals surface area contributed by atoms with E-state index in [4.69, 9.17) is 0 Å². The predicted molar refractivity (Wildman–Crippen MR) is 86.3 cm³/mol. The lowest BCUT2D eigenvalue weighted by Gasteiger charge is -2.18. The molecule has 1 amide bonds. The minimum absolute atomic E-state index is 0.126. The molecule has 1 fully saturated rings. The largest absolute Gasteiger partial charge is 0.397 e. The maximum absolute atomic E-state index is 12.5. The Kier molecular flexibility index (Phi) is 3.78. The van der Waals surface area contributed by atoms with Gasteiger partial charge in [-0.2, -0.15) is 13.2 Å². The van der Waals surface area contributed by atoms with Gasteiger partial charge in [-0.05, 0) is 19.4 Å². The molecule has 0 saturated carbocycles. The van der Waals surface area contributed by atoms with Crippen LogP contribution in [0.1, 0.15) is 30.3 Å². The summed E-state index contributed by atoms with van der Waals surface area (Å²) < 4.78 is 37.5. The first kappa shape index (κ1) is 16.7. The highest BCUT2D eigenvalue weighted by atomic mass is 19.4. The van der Waals surface area contributed by atoms with Gasteiger partial charge in [0.25, 0.3) is 0 Å². The van der Waals surface area contributed by atoms with Crippen LogP contribution in [0.3, 0.4) is 0 Å². The molecule has 1 unspecified atom stereocenters. The normalized spacial score (nSPS) is 18.2. The minimum Gasteiger partial charge on any atom is -0.346 e. The highest BCUT2D eigenvalue weighted by molar-refractivity contribution is 6.02. The molecule has 1 aliphatic rings. The SMILES string of the molecule is Cc1nc2nnc3nccc3c2c(C2CCN(C(=O)CC(F)(F)F)C2)[nH]1. The molecule has 3 aromatic rings. The van der Waals surface area contributed by atoms with Crippen LogP contribution < -0.4 is 0 Å². The van der Waals surface area contributed by atoms with Crippen LogP contribution >= 0.6 is 0 Å². The fourth-order valence-electron chi connectivity index (χ4n) is 3.47. The van der Waals surface area contributed by atoms with Crippen molar-refractivity contribution >= 4 is 28.0 Å². The molecular formula is C16H15F3N6O. The van der Waals surface area contributed by atoms with Crippen molar-refractivity contribution in [1.29, 1.82) is 0 Å². The summed E-state index contributed by atoms with van der Waals surface area (Å²) in [5, 5.41) is 9.68. The highest BCUT2D eigenvalue weighted by Crippen LogP contribution is 2.34. The third-order valence-electron chi connectivity index (χ3n) is 4.57. The zero-order valence-corrected chi connectivity index (χ0v) is 13.8. The quantitative estimate of drug-likeness (QED) is 0.755. The van der Waals surface area contributed by atoms with Crippen molar-refractivity contribution in [3.05, 3.63) is 23.8 Å². The second kappa shape index (κ2) is 5.89. The molecule has 26 heavy (non-hydrogen) atoms. The number of hydrogen-bond acceptors (Lipinski definition) is 5. The molecule has 0 bridgehead atoms. The van der Waals surface area contributed by atoms with Gasteiger partial charge in [0.15, 0.2) is 11.3 Å². The molecule has 0 aliphatic carbocycles. The van der Waals surface area contributed by atoms with E-state index in [1.807, 2.05) is 6.07 Å². The zero-order chi connectivity index (χ0) is 18.5. The van der Waals surface area contributed by atoms with Gasteiger partial charge < -0.3 is 9.88 Å². The first-order valence-electron chi connectivity index (χ1n) is 8.14. The summed E-state index contributed by atoms with van der Waals surface area (Å²) in [7, 11) is 0. The van der Waals surface area contributed by atoms with Crippen LogP contribution in [0.15, 0.2) is 12.3 Å². The molecule has 7 nitrogen and oxygen atoms in total. The average molecular weight is 364 g/mol. The van der Waals surface area contributed by atoms with Gasteiger partial charge in [0.1, 0.15) is 12.2 Å². The first-order chi connectivity index (χ1) is 12.3. The second-order valence-electron chi connectivity index (χ2n) is 6.43. The van der Waals surface area contributed by atoms with E-state index >= 15 is 0 Å². The van der Waals surface area contributed by atoms with Crippen molar-refractivity contribution in [2.75, 3.05) is 13.1 Å². The lowest BCUT2D eigenvalue weighted by Crippen LogP contribution is -2.32. The van der Waals surface area contributed by atoms with Crippen molar-refractivity contribution in [2.45, 2.75) is 31.9 Å². The van der Waals surface area contributed by atoms with E-state index in [-0.39, 0.29) is 19.0 Å². The number of carbonyl (C=O) groups is 1. The molecular weight excluding hydrogens is 349 g/mol. The van der Waals surface area contributed by atoms with Crippen LogP contribution in [0.4, 0.5) is 13.2 Å². The van der Waals surface area contributed by atoms with Crippen molar-refractivity contribution in [3.8, 4) is 0 Å². The van der Waals surface area contributed by atoms with Gasteiger partial charge >= 0.3 is 6.18 Å². The van der Waals surface area contributed by atoms with Crippen LogP contribution in [0, 0.1) is 6.92 Å². The van der Waals surface area contributed by atoms with Crippen molar-refractivity contribution in [1.82, 2.24) is 30.0 Å². The summed E-state index contributed by atoms with van der Waals surface area (Å²) in [5.41, 5.74) is 1.75. The van der Waals surface area contributed by atoms with Gasteiger partial charge in [0.2, 0.25) is 5.91 Å².